The van der Waals surface area contributed by atoms with E-state index in [1.54, 1.807) is 13.8 Å². The van der Waals surface area contributed by atoms with E-state index in [1.807, 2.05) is 0 Å². The molecule has 1 aliphatic rings. The predicted molar refractivity (Wildman–Crippen MR) is 80.2 cm³/mol. The van der Waals surface area contributed by atoms with Gasteiger partial charge in [-0.3, -0.25) is 14.4 Å². The summed E-state index contributed by atoms with van der Waals surface area (Å²) in [6.07, 6.45) is 1.77. The van der Waals surface area contributed by atoms with Gasteiger partial charge in [-0.2, -0.15) is 0 Å². The van der Waals surface area contributed by atoms with Crippen molar-refractivity contribution in [3.8, 4) is 0 Å². The van der Waals surface area contributed by atoms with E-state index in [9.17, 15) is 19.2 Å². The molecule has 0 radical (unpaired) electrons. The highest BCUT2D eigenvalue weighted by atomic mass is 16.5. The van der Waals surface area contributed by atoms with Gasteiger partial charge in [0.1, 0.15) is 6.04 Å². The summed E-state index contributed by atoms with van der Waals surface area (Å²) in [5, 5.41) is 4.99. The van der Waals surface area contributed by atoms with Crippen molar-refractivity contribution in [2.24, 2.45) is 5.92 Å². The molecule has 1 aliphatic carbocycles. The number of amides is 2. The summed E-state index contributed by atoms with van der Waals surface area (Å²) in [4.78, 5) is 46.5. The molecule has 1 rings (SSSR count). The second-order valence-electron chi connectivity index (χ2n) is 5.21. The monoisotopic (exact) mass is 328 g/mol. The first-order chi connectivity index (χ1) is 11.0. The molecule has 0 heterocycles. The molecule has 0 bridgehead atoms. The summed E-state index contributed by atoms with van der Waals surface area (Å²) in [5.74, 6) is -1.70. The second kappa shape index (κ2) is 9.81. The first-order valence-electron chi connectivity index (χ1n) is 7.87. The first kappa shape index (κ1) is 18.9. The lowest BCUT2D eigenvalue weighted by molar-refractivity contribution is -0.148. The van der Waals surface area contributed by atoms with Crippen LogP contribution < -0.4 is 10.6 Å². The molecule has 23 heavy (non-hydrogen) atoms. The second-order valence-corrected chi connectivity index (χ2v) is 5.21. The van der Waals surface area contributed by atoms with Crippen LogP contribution in [0.4, 0.5) is 0 Å². The number of rotatable bonds is 10. The number of esters is 2. The van der Waals surface area contributed by atoms with Crippen molar-refractivity contribution in [2.75, 3.05) is 19.8 Å². The van der Waals surface area contributed by atoms with Gasteiger partial charge in [-0.25, -0.2) is 4.79 Å². The van der Waals surface area contributed by atoms with Crippen molar-refractivity contribution in [3.05, 3.63) is 0 Å². The normalized spacial score (nSPS) is 14.5. The van der Waals surface area contributed by atoms with Gasteiger partial charge in [0, 0.05) is 12.3 Å². The van der Waals surface area contributed by atoms with Gasteiger partial charge < -0.3 is 20.1 Å². The van der Waals surface area contributed by atoms with Crippen LogP contribution in [0.1, 0.15) is 39.5 Å². The molecule has 2 N–H and O–H groups in total. The summed E-state index contributed by atoms with van der Waals surface area (Å²) >= 11 is 0. The Morgan fingerprint density at radius 3 is 2.30 bits per heavy atom. The number of hydrogen-bond donors (Lipinski definition) is 2. The summed E-state index contributed by atoms with van der Waals surface area (Å²) in [7, 11) is 0. The van der Waals surface area contributed by atoms with E-state index in [0.29, 0.717) is 0 Å². The predicted octanol–water partition coefficient (Wildman–Crippen LogP) is -0.0962. The molecule has 1 fully saturated rings. The largest absolute Gasteiger partial charge is 0.466 e. The minimum absolute atomic E-state index is 0.00691. The SMILES string of the molecule is CCOC(=O)CCC(NC(=O)CNC(=O)C1CC1)C(=O)OCC. The Labute approximate surface area is 135 Å². The van der Waals surface area contributed by atoms with E-state index in [-0.39, 0.29) is 44.4 Å². The lowest BCUT2D eigenvalue weighted by Crippen LogP contribution is -2.46. The Kier molecular flexibility index (Phi) is 8.07. The third kappa shape index (κ3) is 7.62. The number of ether oxygens (including phenoxy) is 2. The van der Waals surface area contributed by atoms with Crippen LogP contribution in [0.2, 0.25) is 0 Å². The minimum Gasteiger partial charge on any atom is -0.466 e. The molecule has 1 saturated carbocycles. The highest BCUT2D eigenvalue weighted by Crippen LogP contribution is 2.28. The van der Waals surface area contributed by atoms with Gasteiger partial charge in [-0.15, -0.1) is 0 Å². The lowest BCUT2D eigenvalue weighted by Gasteiger charge is -2.17. The molecule has 0 aliphatic heterocycles. The molecule has 0 spiro atoms. The molecule has 8 heteroatoms. The van der Waals surface area contributed by atoms with Gasteiger partial charge in [0.05, 0.1) is 19.8 Å². The number of carbonyl (C=O) groups excluding carboxylic acids is 4. The molecule has 0 aromatic rings. The van der Waals surface area contributed by atoms with Crippen LogP contribution in [0.5, 0.6) is 0 Å². The van der Waals surface area contributed by atoms with Crippen molar-refractivity contribution in [3.63, 3.8) is 0 Å². The molecule has 2 amide bonds. The van der Waals surface area contributed by atoms with Crippen molar-refractivity contribution < 1.29 is 28.7 Å². The summed E-state index contributed by atoms with van der Waals surface area (Å²) in [6.45, 7) is 3.55. The third-order valence-electron chi connectivity index (χ3n) is 3.22. The highest BCUT2D eigenvalue weighted by molar-refractivity contribution is 5.89. The van der Waals surface area contributed by atoms with Crippen LogP contribution in [-0.4, -0.2) is 49.6 Å². The smallest absolute Gasteiger partial charge is 0.328 e. The van der Waals surface area contributed by atoms with Gasteiger partial charge in [0.2, 0.25) is 11.8 Å². The Hall–Kier alpha value is -2.12. The van der Waals surface area contributed by atoms with Gasteiger partial charge in [-0.1, -0.05) is 0 Å². The van der Waals surface area contributed by atoms with E-state index in [2.05, 4.69) is 10.6 Å². The number of nitrogens with one attached hydrogen (secondary N) is 2. The summed E-state index contributed by atoms with van der Waals surface area (Å²) in [5.41, 5.74) is 0. The van der Waals surface area contributed by atoms with Gasteiger partial charge in [0.25, 0.3) is 0 Å². The fourth-order valence-corrected chi connectivity index (χ4v) is 1.89. The molecule has 0 aromatic carbocycles. The van der Waals surface area contributed by atoms with Crippen LogP contribution in [-0.2, 0) is 28.7 Å². The van der Waals surface area contributed by atoms with Crippen LogP contribution in [0.15, 0.2) is 0 Å². The van der Waals surface area contributed by atoms with E-state index in [1.165, 1.54) is 0 Å². The molecule has 1 atom stereocenters. The molecule has 1 unspecified atom stereocenters. The zero-order valence-corrected chi connectivity index (χ0v) is 13.6. The van der Waals surface area contributed by atoms with Crippen LogP contribution in [0, 0.1) is 5.92 Å². The van der Waals surface area contributed by atoms with Crippen molar-refractivity contribution >= 4 is 23.8 Å². The van der Waals surface area contributed by atoms with E-state index in [4.69, 9.17) is 9.47 Å². The molecule has 8 nitrogen and oxygen atoms in total. The van der Waals surface area contributed by atoms with E-state index < -0.39 is 23.9 Å². The van der Waals surface area contributed by atoms with Crippen LogP contribution in [0.25, 0.3) is 0 Å². The Morgan fingerprint density at radius 1 is 1.09 bits per heavy atom. The lowest BCUT2D eigenvalue weighted by atomic mass is 10.1. The fourth-order valence-electron chi connectivity index (χ4n) is 1.89. The third-order valence-corrected chi connectivity index (χ3v) is 3.22. The quantitative estimate of drug-likeness (QED) is 0.542. The van der Waals surface area contributed by atoms with E-state index in [0.717, 1.165) is 12.8 Å². The van der Waals surface area contributed by atoms with Crippen LogP contribution in [0.3, 0.4) is 0 Å². The van der Waals surface area contributed by atoms with Gasteiger partial charge >= 0.3 is 11.9 Å². The zero-order valence-electron chi connectivity index (χ0n) is 13.6. The maximum Gasteiger partial charge on any atom is 0.328 e. The minimum atomic E-state index is -0.940. The molecular formula is C15H24N2O6. The molecule has 0 saturated heterocycles. The van der Waals surface area contributed by atoms with Gasteiger partial charge in [-0.05, 0) is 33.1 Å². The highest BCUT2D eigenvalue weighted by Gasteiger charge is 2.30. The standard InChI is InChI=1S/C15H24N2O6/c1-3-22-13(19)8-7-11(15(21)23-4-2)17-12(18)9-16-14(20)10-5-6-10/h10-11H,3-9H2,1-2H3,(H,16,20)(H,17,18). The molecule has 130 valence electrons. The van der Waals surface area contributed by atoms with Crippen molar-refractivity contribution in [1.29, 1.82) is 0 Å². The van der Waals surface area contributed by atoms with E-state index >= 15 is 0 Å². The Bertz CT molecular complexity index is 447. The zero-order chi connectivity index (χ0) is 17.2. The van der Waals surface area contributed by atoms with Crippen molar-refractivity contribution in [1.82, 2.24) is 10.6 Å². The van der Waals surface area contributed by atoms with Gasteiger partial charge in [0.15, 0.2) is 0 Å². The average molecular weight is 328 g/mol. The van der Waals surface area contributed by atoms with Crippen LogP contribution >= 0.6 is 0 Å². The molecule has 0 aromatic heterocycles. The Morgan fingerprint density at radius 2 is 1.74 bits per heavy atom. The number of hydrogen-bond acceptors (Lipinski definition) is 6. The summed E-state index contributed by atoms with van der Waals surface area (Å²) < 4.78 is 9.67. The maximum atomic E-state index is 11.8. The number of carbonyl (C=O) groups is 4. The molecular weight excluding hydrogens is 304 g/mol. The average Bonchev–Trinajstić information content (AvgIpc) is 3.34. The first-order valence-corrected chi connectivity index (χ1v) is 7.87. The maximum absolute atomic E-state index is 11.8. The Balaban J connectivity index is 2.43. The topological polar surface area (TPSA) is 111 Å². The fraction of sp³-hybridized carbons (Fsp3) is 0.733. The van der Waals surface area contributed by atoms with Crippen molar-refractivity contribution in [2.45, 2.75) is 45.6 Å². The summed E-state index contributed by atoms with van der Waals surface area (Å²) in [6, 6.07) is -0.940.